The van der Waals surface area contributed by atoms with Gasteiger partial charge in [-0.1, -0.05) is 31.4 Å². The van der Waals surface area contributed by atoms with Gasteiger partial charge in [0.25, 0.3) is 0 Å². The molecule has 0 unspecified atom stereocenters. The van der Waals surface area contributed by atoms with Gasteiger partial charge in [0.2, 0.25) is 0 Å². The first-order valence-electron chi connectivity index (χ1n) is 6.22. The molecule has 0 saturated heterocycles. The lowest BCUT2D eigenvalue weighted by Gasteiger charge is -2.23. The van der Waals surface area contributed by atoms with E-state index in [0.29, 0.717) is 18.2 Å². The maximum absolute atomic E-state index is 13.8. The van der Waals surface area contributed by atoms with Gasteiger partial charge < -0.3 is 5.32 Å². The fraction of sp³-hybridized carbons (Fsp3) is 0.500. The minimum absolute atomic E-state index is 0.132. The molecule has 0 aliphatic heterocycles. The van der Waals surface area contributed by atoms with Gasteiger partial charge in [0, 0.05) is 18.2 Å². The maximum Gasteiger partial charge on any atom is 0.145 e. The summed E-state index contributed by atoms with van der Waals surface area (Å²) in [6.45, 7) is 0.520. The highest BCUT2D eigenvalue weighted by Gasteiger charge is 2.14. The van der Waals surface area contributed by atoms with Crippen LogP contribution in [0.4, 0.5) is 4.39 Å². The Morgan fingerprint density at radius 1 is 1.29 bits per heavy atom. The van der Waals surface area contributed by atoms with Gasteiger partial charge in [-0.15, -0.1) is 0 Å². The third-order valence-electron chi connectivity index (χ3n) is 3.39. The van der Waals surface area contributed by atoms with Crippen molar-refractivity contribution in [2.75, 3.05) is 0 Å². The molecule has 17 heavy (non-hydrogen) atoms. The summed E-state index contributed by atoms with van der Waals surface area (Å²) in [6.07, 6.45) is 6.20. The van der Waals surface area contributed by atoms with E-state index < -0.39 is 0 Å². The van der Waals surface area contributed by atoms with Gasteiger partial charge in [-0.3, -0.25) is 0 Å². The lowest BCUT2D eigenvalue weighted by atomic mass is 9.95. The Bertz CT molecular complexity index is 417. The highest BCUT2D eigenvalue weighted by atomic mass is 19.1. The summed E-state index contributed by atoms with van der Waals surface area (Å²) in [5.74, 6) is -0.377. The van der Waals surface area contributed by atoms with E-state index in [1.807, 2.05) is 6.07 Å². The lowest BCUT2D eigenvalue weighted by Crippen LogP contribution is -2.30. The molecule has 1 aliphatic carbocycles. The van der Waals surface area contributed by atoms with Crippen LogP contribution in [0, 0.1) is 17.1 Å². The van der Waals surface area contributed by atoms with Crippen LogP contribution in [-0.2, 0) is 6.54 Å². The molecule has 3 heteroatoms. The van der Waals surface area contributed by atoms with E-state index in [1.165, 1.54) is 38.2 Å². The largest absolute Gasteiger partial charge is 0.310 e. The normalized spacial score (nSPS) is 16.7. The molecule has 1 N–H and O–H groups in total. The van der Waals surface area contributed by atoms with Crippen LogP contribution in [0.3, 0.4) is 0 Å². The second-order valence-corrected chi connectivity index (χ2v) is 4.61. The number of hydrogen-bond acceptors (Lipinski definition) is 2. The molecule has 90 valence electrons. The minimum Gasteiger partial charge on any atom is -0.310 e. The molecule has 0 amide bonds. The van der Waals surface area contributed by atoms with Crippen molar-refractivity contribution in [3.63, 3.8) is 0 Å². The second-order valence-electron chi connectivity index (χ2n) is 4.61. The molecule has 0 bridgehead atoms. The van der Waals surface area contributed by atoms with Crippen LogP contribution in [0.1, 0.15) is 43.2 Å². The number of rotatable bonds is 3. The minimum atomic E-state index is -0.377. The first-order chi connectivity index (χ1) is 8.31. The van der Waals surface area contributed by atoms with Crippen molar-refractivity contribution < 1.29 is 4.39 Å². The zero-order valence-corrected chi connectivity index (χ0v) is 9.88. The molecule has 1 aliphatic rings. The monoisotopic (exact) mass is 232 g/mol. The molecule has 1 aromatic carbocycles. The Labute approximate surface area is 101 Å². The average Bonchev–Trinajstić information content (AvgIpc) is 2.39. The van der Waals surface area contributed by atoms with Crippen molar-refractivity contribution >= 4 is 0 Å². The van der Waals surface area contributed by atoms with Gasteiger partial charge in [-0.2, -0.15) is 5.26 Å². The van der Waals surface area contributed by atoms with Gasteiger partial charge in [0.1, 0.15) is 11.9 Å². The molecule has 1 saturated carbocycles. The summed E-state index contributed by atoms with van der Waals surface area (Å²) in [5.41, 5.74) is 0.725. The van der Waals surface area contributed by atoms with E-state index in [0.717, 1.165) is 0 Å². The fourth-order valence-electron chi connectivity index (χ4n) is 2.36. The van der Waals surface area contributed by atoms with Crippen molar-refractivity contribution in [1.29, 1.82) is 5.26 Å². The highest BCUT2D eigenvalue weighted by Crippen LogP contribution is 2.18. The highest BCUT2D eigenvalue weighted by molar-refractivity contribution is 5.34. The van der Waals surface area contributed by atoms with Crippen molar-refractivity contribution in [3.05, 3.63) is 35.1 Å². The SMILES string of the molecule is N#Cc1cccc(CNC2CCCCC2)c1F. The van der Waals surface area contributed by atoms with Crippen LogP contribution in [0.2, 0.25) is 0 Å². The third kappa shape index (κ3) is 3.04. The molecule has 0 atom stereocenters. The predicted molar refractivity (Wildman–Crippen MR) is 64.8 cm³/mol. The van der Waals surface area contributed by atoms with Gasteiger partial charge in [0.05, 0.1) is 5.56 Å². The Morgan fingerprint density at radius 3 is 2.76 bits per heavy atom. The van der Waals surface area contributed by atoms with Crippen LogP contribution in [0.25, 0.3) is 0 Å². The third-order valence-corrected chi connectivity index (χ3v) is 3.39. The molecule has 1 fully saturated rings. The van der Waals surface area contributed by atoms with E-state index in [4.69, 9.17) is 5.26 Å². The Kier molecular flexibility index (Phi) is 4.11. The Balaban J connectivity index is 1.96. The number of nitrogens with one attached hydrogen (secondary N) is 1. The first-order valence-corrected chi connectivity index (χ1v) is 6.22. The summed E-state index contributed by atoms with van der Waals surface area (Å²) >= 11 is 0. The van der Waals surface area contributed by atoms with Gasteiger partial charge in [0.15, 0.2) is 0 Å². The van der Waals surface area contributed by atoms with Crippen molar-refractivity contribution in [3.8, 4) is 6.07 Å². The number of halogens is 1. The molecule has 2 nitrogen and oxygen atoms in total. The van der Waals surface area contributed by atoms with Gasteiger partial charge >= 0.3 is 0 Å². The Morgan fingerprint density at radius 2 is 2.06 bits per heavy atom. The Hall–Kier alpha value is -1.40. The molecule has 0 heterocycles. The number of nitrogens with zero attached hydrogens (tertiary/aromatic N) is 1. The summed E-state index contributed by atoms with van der Waals surface area (Å²) in [5, 5.41) is 12.1. The maximum atomic E-state index is 13.8. The van der Waals surface area contributed by atoms with Gasteiger partial charge in [-0.25, -0.2) is 4.39 Å². The first kappa shape index (κ1) is 12.1. The molecule has 0 spiro atoms. The number of hydrogen-bond donors (Lipinski definition) is 1. The van der Waals surface area contributed by atoms with Crippen LogP contribution in [0.15, 0.2) is 18.2 Å². The fourth-order valence-corrected chi connectivity index (χ4v) is 2.36. The smallest absolute Gasteiger partial charge is 0.145 e. The van der Waals surface area contributed by atoms with Crippen LogP contribution in [-0.4, -0.2) is 6.04 Å². The lowest BCUT2D eigenvalue weighted by molar-refractivity contribution is 0.370. The standard InChI is InChI=1S/C14H17FN2/c15-14-11(9-16)5-4-6-12(14)10-17-13-7-2-1-3-8-13/h4-6,13,17H,1-3,7-8,10H2. The van der Waals surface area contributed by atoms with Crippen LogP contribution < -0.4 is 5.32 Å². The topological polar surface area (TPSA) is 35.8 Å². The van der Waals surface area contributed by atoms with Crippen LogP contribution >= 0.6 is 0 Å². The second kappa shape index (κ2) is 5.79. The molecule has 1 aromatic rings. The van der Waals surface area contributed by atoms with E-state index in [9.17, 15) is 4.39 Å². The summed E-state index contributed by atoms with van der Waals surface area (Å²) in [6, 6.07) is 7.37. The molecule has 2 rings (SSSR count). The zero-order valence-electron chi connectivity index (χ0n) is 9.88. The predicted octanol–water partition coefficient (Wildman–Crippen LogP) is 3.12. The van der Waals surface area contributed by atoms with Crippen LogP contribution in [0.5, 0.6) is 0 Å². The summed E-state index contributed by atoms with van der Waals surface area (Å²) in [7, 11) is 0. The van der Waals surface area contributed by atoms with E-state index in [-0.39, 0.29) is 11.4 Å². The molecule has 0 radical (unpaired) electrons. The van der Waals surface area contributed by atoms with Crippen molar-refractivity contribution in [2.24, 2.45) is 0 Å². The van der Waals surface area contributed by atoms with Crippen molar-refractivity contribution in [1.82, 2.24) is 5.32 Å². The summed E-state index contributed by atoms with van der Waals surface area (Å²) < 4.78 is 13.8. The molecular weight excluding hydrogens is 215 g/mol. The van der Waals surface area contributed by atoms with Crippen molar-refractivity contribution in [2.45, 2.75) is 44.7 Å². The van der Waals surface area contributed by atoms with E-state index in [2.05, 4.69) is 5.32 Å². The average molecular weight is 232 g/mol. The number of nitriles is 1. The quantitative estimate of drug-likeness (QED) is 0.869. The summed E-state index contributed by atoms with van der Waals surface area (Å²) in [4.78, 5) is 0. The zero-order chi connectivity index (χ0) is 12.1. The van der Waals surface area contributed by atoms with E-state index in [1.54, 1.807) is 12.1 Å². The molecular formula is C14H17FN2. The number of benzene rings is 1. The van der Waals surface area contributed by atoms with E-state index >= 15 is 0 Å². The molecule has 0 aromatic heterocycles. The van der Waals surface area contributed by atoms with Gasteiger partial charge in [-0.05, 0) is 18.9 Å².